The number of hydrogen-bond acceptors (Lipinski definition) is 5. The Bertz CT molecular complexity index is 942. The van der Waals surface area contributed by atoms with Gasteiger partial charge in [-0.2, -0.15) is 0 Å². The molecule has 0 heterocycles. The summed E-state index contributed by atoms with van der Waals surface area (Å²) in [6.45, 7) is 1.63. The van der Waals surface area contributed by atoms with Gasteiger partial charge in [-0.15, -0.1) is 0 Å². The molecular formula is C20H19Br2N3O4S. The van der Waals surface area contributed by atoms with Crippen molar-refractivity contribution in [1.82, 2.24) is 16.2 Å². The van der Waals surface area contributed by atoms with Gasteiger partial charge >= 0.3 is 0 Å². The number of benzene rings is 2. The summed E-state index contributed by atoms with van der Waals surface area (Å²) >= 11 is 11.8. The number of hydrazine groups is 1. The molecule has 0 aliphatic heterocycles. The first-order chi connectivity index (χ1) is 14.3. The Morgan fingerprint density at radius 1 is 1.13 bits per heavy atom. The molecular weight excluding hydrogens is 538 g/mol. The summed E-state index contributed by atoms with van der Waals surface area (Å²) in [6.07, 6.45) is 2.96. The maximum atomic E-state index is 11.9. The molecule has 0 atom stereocenters. The highest BCUT2D eigenvalue weighted by atomic mass is 79.9. The molecule has 0 fully saturated rings. The monoisotopic (exact) mass is 555 g/mol. The molecule has 0 unspecified atom stereocenters. The van der Waals surface area contributed by atoms with Gasteiger partial charge in [0, 0.05) is 10.5 Å². The number of methoxy groups -OCH3 is 1. The fourth-order valence-electron chi connectivity index (χ4n) is 2.24. The molecule has 2 rings (SSSR count). The third-order valence-electron chi connectivity index (χ3n) is 3.64. The van der Waals surface area contributed by atoms with Crippen LogP contribution in [0.1, 0.15) is 11.1 Å². The summed E-state index contributed by atoms with van der Waals surface area (Å²) in [5.74, 6) is 0.384. The average Bonchev–Trinajstić information content (AvgIpc) is 2.70. The topological polar surface area (TPSA) is 88.7 Å². The minimum Gasteiger partial charge on any atom is -0.497 e. The van der Waals surface area contributed by atoms with E-state index in [4.69, 9.17) is 21.7 Å². The number of carbonyl (C=O) groups is 2. The van der Waals surface area contributed by atoms with Crippen LogP contribution in [-0.4, -0.2) is 30.6 Å². The van der Waals surface area contributed by atoms with E-state index in [1.165, 1.54) is 6.08 Å². The van der Waals surface area contributed by atoms with E-state index in [0.29, 0.717) is 5.75 Å². The summed E-state index contributed by atoms with van der Waals surface area (Å²) in [5, 5.41) is 2.38. The normalized spacial score (nSPS) is 10.4. The molecule has 0 spiro atoms. The fourth-order valence-corrected chi connectivity index (χ4v) is 3.95. The maximum Gasteiger partial charge on any atom is 0.276 e. The van der Waals surface area contributed by atoms with Crippen molar-refractivity contribution in [1.29, 1.82) is 0 Å². The first-order valence-electron chi connectivity index (χ1n) is 8.59. The highest BCUT2D eigenvalue weighted by Gasteiger charge is 2.10. The Balaban J connectivity index is 1.74. The third kappa shape index (κ3) is 7.77. The van der Waals surface area contributed by atoms with Gasteiger partial charge in [-0.1, -0.05) is 28.1 Å². The lowest BCUT2D eigenvalue weighted by Crippen LogP contribution is -2.49. The lowest BCUT2D eigenvalue weighted by atomic mass is 10.2. The van der Waals surface area contributed by atoms with Crippen molar-refractivity contribution in [2.24, 2.45) is 0 Å². The number of rotatable bonds is 6. The van der Waals surface area contributed by atoms with Gasteiger partial charge in [0.2, 0.25) is 5.91 Å². The van der Waals surface area contributed by atoms with Gasteiger partial charge in [-0.05, 0) is 76.5 Å². The number of ether oxygens (including phenoxy) is 2. The summed E-state index contributed by atoms with van der Waals surface area (Å²) < 4.78 is 12.2. The van der Waals surface area contributed by atoms with Crippen molar-refractivity contribution >= 4 is 67.1 Å². The second-order valence-corrected chi connectivity index (χ2v) is 8.10. The van der Waals surface area contributed by atoms with Crippen molar-refractivity contribution in [2.45, 2.75) is 6.92 Å². The summed E-state index contributed by atoms with van der Waals surface area (Å²) in [5.41, 5.74) is 6.50. The first-order valence-corrected chi connectivity index (χ1v) is 10.6. The van der Waals surface area contributed by atoms with Gasteiger partial charge in [-0.3, -0.25) is 25.8 Å². The van der Waals surface area contributed by atoms with Crippen LogP contribution in [0.4, 0.5) is 0 Å². The second-order valence-electron chi connectivity index (χ2n) is 5.92. The second kappa shape index (κ2) is 11.7. The van der Waals surface area contributed by atoms with Gasteiger partial charge in [0.25, 0.3) is 5.91 Å². The number of halogens is 2. The van der Waals surface area contributed by atoms with Crippen LogP contribution >= 0.6 is 44.1 Å². The van der Waals surface area contributed by atoms with Gasteiger partial charge in [0.15, 0.2) is 11.7 Å². The van der Waals surface area contributed by atoms with Gasteiger partial charge in [0.05, 0.1) is 11.6 Å². The van der Waals surface area contributed by atoms with Crippen LogP contribution in [0.3, 0.4) is 0 Å². The minimum atomic E-state index is -0.463. The fraction of sp³-hybridized carbons (Fsp3) is 0.150. The van der Waals surface area contributed by atoms with Crippen LogP contribution in [0.15, 0.2) is 51.4 Å². The molecule has 7 nitrogen and oxygen atoms in total. The predicted molar refractivity (Wildman–Crippen MR) is 126 cm³/mol. The van der Waals surface area contributed by atoms with Crippen LogP contribution in [0.5, 0.6) is 11.5 Å². The first kappa shape index (κ1) is 23.8. The molecule has 10 heteroatoms. The Morgan fingerprint density at radius 2 is 1.83 bits per heavy atom. The van der Waals surface area contributed by atoms with Crippen molar-refractivity contribution in [2.75, 3.05) is 13.7 Å². The molecule has 0 aliphatic carbocycles. The molecule has 0 aromatic heterocycles. The molecule has 0 saturated carbocycles. The van der Waals surface area contributed by atoms with E-state index in [0.717, 1.165) is 25.8 Å². The van der Waals surface area contributed by atoms with Crippen LogP contribution in [0.2, 0.25) is 0 Å². The van der Waals surface area contributed by atoms with Gasteiger partial charge < -0.3 is 9.47 Å². The zero-order valence-electron chi connectivity index (χ0n) is 16.1. The van der Waals surface area contributed by atoms with E-state index in [2.05, 4.69) is 48.0 Å². The molecule has 0 bridgehead atoms. The molecule has 0 saturated heterocycles. The number of thiocarbonyl (C=S) groups is 1. The Hall–Kier alpha value is -2.43. The third-order valence-corrected chi connectivity index (χ3v) is 4.89. The molecule has 158 valence electrons. The smallest absolute Gasteiger partial charge is 0.276 e. The van der Waals surface area contributed by atoms with Crippen LogP contribution in [0.25, 0.3) is 6.08 Å². The van der Waals surface area contributed by atoms with E-state index >= 15 is 0 Å². The minimum absolute atomic E-state index is 0.0475. The predicted octanol–water partition coefficient (Wildman–Crippen LogP) is 3.64. The van der Waals surface area contributed by atoms with Crippen molar-refractivity contribution in [3.63, 3.8) is 0 Å². The largest absolute Gasteiger partial charge is 0.497 e. The lowest BCUT2D eigenvalue weighted by Gasteiger charge is -2.13. The summed E-state index contributed by atoms with van der Waals surface area (Å²) in [4.78, 5) is 23.9. The Morgan fingerprint density at radius 3 is 2.47 bits per heavy atom. The molecule has 0 radical (unpaired) electrons. The molecule has 2 aromatic rings. The zero-order chi connectivity index (χ0) is 22.1. The quantitative estimate of drug-likeness (QED) is 0.286. The molecule has 3 N–H and O–H groups in total. The van der Waals surface area contributed by atoms with Crippen LogP contribution in [0, 0.1) is 6.92 Å². The van der Waals surface area contributed by atoms with E-state index < -0.39 is 11.8 Å². The van der Waals surface area contributed by atoms with Gasteiger partial charge in [-0.25, -0.2) is 0 Å². The number of aryl methyl sites for hydroxylation is 1. The van der Waals surface area contributed by atoms with Crippen molar-refractivity contribution in [3.05, 3.63) is 62.5 Å². The SMILES string of the molecule is COc1ccc(C=CC(=O)NC(=S)NNC(=O)COc2c(C)cc(Br)cc2Br)cc1. The van der Waals surface area contributed by atoms with Crippen molar-refractivity contribution < 1.29 is 19.1 Å². The average molecular weight is 557 g/mol. The molecule has 30 heavy (non-hydrogen) atoms. The van der Waals surface area contributed by atoms with E-state index in [-0.39, 0.29) is 11.7 Å². The molecule has 2 aromatic carbocycles. The number of carbonyl (C=O) groups excluding carboxylic acids is 2. The highest BCUT2D eigenvalue weighted by molar-refractivity contribution is 9.11. The maximum absolute atomic E-state index is 11.9. The number of amides is 2. The van der Waals surface area contributed by atoms with Crippen LogP contribution < -0.4 is 25.6 Å². The van der Waals surface area contributed by atoms with E-state index in [1.807, 2.05) is 31.2 Å². The molecule has 2 amide bonds. The van der Waals surface area contributed by atoms with Crippen LogP contribution in [-0.2, 0) is 9.59 Å². The summed E-state index contributed by atoms with van der Waals surface area (Å²) in [7, 11) is 1.58. The highest BCUT2D eigenvalue weighted by Crippen LogP contribution is 2.32. The Labute approximate surface area is 196 Å². The molecule has 0 aliphatic rings. The van der Waals surface area contributed by atoms with Gasteiger partial charge in [0.1, 0.15) is 11.5 Å². The number of nitrogens with one attached hydrogen (secondary N) is 3. The number of hydrogen-bond donors (Lipinski definition) is 3. The standard InChI is InChI=1S/C20H19Br2N3O4S/c1-12-9-14(21)10-16(22)19(12)29-11-18(27)24-25-20(30)23-17(26)8-5-13-3-6-15(28-2)7-4-13/h3-10H,11H2,1-2H3,(H,24,27)(H2,23,25,26,30). The Kier molecular flexibility index (Phi) is 9.28. The summed E-state index contributed by atoms with van der Waals surface area (Å²) in [6, 6.07) is 10.9. The van der Waals surface area contributed by atoms with Crippen molar-refractivity contribution in [3.8, 4) is 11.5 Å². The van der Waals surface area contributed by atoms with E-state index in [1.54, 1.807) is 25.3 Å². The lowest BCUT2D eigenvalue weighted by molar-refractivity contribution is -0.123. The van der Waals surface area contributed by atoms with E-state index in [9.17, 15) is 9.59 Å². The zero-order valence-corrected chi connectivity index (χ0v) is 20.1.